The van der Waals surface area contributed by atoms with Gasteiger partial charge in [0.15, 0.2) is 0 Å². The number of aliphatic carboxylic acids is 2. The highest BCUT2D eigenvalue weighted by atomic mass is 32.2. The molecule has 0 radical (unpaired) electrons. The van der Waals surface area contributed by atoms with Gasteiger partial charge in [-0.15, -0.1) is 11.8 Å². The van der Waals surface area contributed by atoms with E-state index in [0.29, 0.717) is 5.56 Å². The third-order valence-electron chi connectivity index (χ3n) is 3.86. The third kappa shape index (κ3) is 5.05. The number of carbonyl (C=O) groups excluding carboxylic acids is 1. The van der Waals surface area contributed by atoms with Gasteiger partial charge in [0.1, 0.15) is 28.7 Å². The summed E-state index contributed by atoms with van der Waals surface area (Å²) in [7, 11) is 0. The van der Waals surface area contributed by atoms with Crippen LogP contribution in [-0.4, -0.2) is 65.9 Å². The van der Waals surface area contributed by atoms with E-state index in [1.54, 1.807) is 18.2 Å². The van der Waals surface area contributed by atoms with E-state index in [4.69, 9.17) is 5.11 Å². The SMILES string of the molecule is O=C(O)CC[S+]([O-])CCC(=O)N1C(c2ccccc2O)SC[C@H]1C(=O)O. The minimum Gasteiger partial charge on any atom is -0.616 e. The lowest BCUT2D eigenvalue weighted by atomic mass is 10.1. The Kier molecular flexibility index (Phi) is 7.18. The van der Waals surface area contributed by atoms with E-state index in [0.717, 1.165) is 0 Å². The summed E-state index contributed by atoms with van der Waals surface area (Å²) in [6.45, 7) is 0. The van der Waals surface area contributed by atoms with Crippen molar-refractivity contribution in [2.45, 2.75) is 24.3 Å². The van der Waals surface area contributed by atoms with E-state index < -0.39 is 40.4 Å². The van der Waals surface area contributed by atoms with Crippen molar-refractivity contribution in [3.05, 3.63) is 29.8 Å². The lowest BCUT2D eigenvalue weighted by molar-refractivity contribution is -0.149. The van der Waals surface area contributed by atoms with Gasteiger partial charge >= 0.3 is 11.9 Å². The van der Waals surface area contributed by atoms with Gasteiger partial charge in [0, 0.05) is 11.3 Å². The number of amides is 1. The number of benzene rings is 1. The fourth-order valence-corrected chi connectivity index (χ4v) is 5.05. The van der Waals surface area contributed by atoms with Crippen molar-refractivity contribution in [1.29, 1.82) is 0 Å². The predicted octanol–water partition coefficient (Wildman–Crippen LogP) is 1.03. The van der Waals surface area contributed by atoms with Crippen molar-refractivity contribution >= 4 is 40.8 Å². The summed E-state index contributed by atoms with van der Waals surface area (Å²) in [4.78, 5) is 35.8. The number of carbonyl (C=O) groups is 3. The van der Waals surface area contributed by atoms with Crippen LogP contribution in [0.5, 0.6) is 5.75 Å². The van der Waals surface area contributed by atoms with Crippen LogP contribution in [0.15, 0.2) is 24.3 Å². The van der Waals surface area contributed by atoms with E-state index in [1.165, 1.54) is 22.7 Å². The maximum Gasteiger partial charge on any atom is 0.327 e. The van der Waals surface area contributed by atoms with Gasteiger partial charge in [-0.3, -0.25) is 9.59 Å². The minimum absolute atomic E-state index is 0.0288. The first-order valence-electron chi connectivity index (χ1n) is 7.81. The Morgan fingerprint density at radius 1 is 1.19 bits per heavy atom. The van der Waals surface area contributed by atoms with Crippen LogP contribution >= 0.6 is 11.8 Å². The largest absolute Gasteiger partial charge is 0.616 e. The molecule has 0 saturated carbocycles. The van der Waals surface area contributed by atoms with Crippen molar-refractivity contribution in [1.82, 2.24) is 4.90 Å². The van der Waals surface area contributed by atoms with Crippen LogP contribution < -0.4 is 0 Å². The van der Waals surface area contributed by atoms with Gasteiger partial charge in [0.25, 0.3) is 0 Å². The molecular formula is C16H19NO7S2. The number of rotatable bonds is 8. The van der Waals surface area contributed by atoms with E-state index in [9.17, 15) is 29.1 Å². The number of carboxylic acids is 2. The average molecular weight is 401 g/mol. The van der Waals surface area contributed by atoms with Crippen LogP contribution in [0.1, 0.15) is 23.8 Å². The fraction of sp³-hybridized carbons (Fsp3) is 0.438. The number of hydrogen-bond acceptors (Lipinski definition) is 6. The summed E-state index contributed by atoms with van der Waals surface area (Å²) in [5, 5.41) is 27.4. The van der Waals surface area contributed by atoms with E-state index in [1.807, 2.05) is 0 Å². The monoisotopic (exact) mass is 401 g/mol. The highest BCUT2D eigenvalue weighted by Gasteiger charge is 2.43. The highest BCUT2D eigenvalue weighted by molar-refractivity contribution is 7.99. The first kappa shape index (κ1) is 20.4. The molecule has 3 atom stereocenters. The smallest absolute Gasteiger partial charge is 0.327 e. The molecule has 1 fully saturated rings. The Bertz CT molecular complexity index is 684. The molecule has 1 aliphatic heterocycles. The van der Waals surface area contributed by atoms with Crippen LogP contribution in [0.3, 0.4) is 0 Å². The van der Waals surface area contributed by atoms with Gasteiger partial charge in [-0.1, -0.05) is 29.4 Å². The molecule has 10 heteroatoms. The Labute approximate surface area is 157 Å². The molecule has 0 spiro atoms. The molecule has 1 saturated heterocycles. The maximum absolute atomic E-state index is 12.6. The molecule has 1 aromatic carbocycles. The first-order chi connectivity index (χ1) is 12.3. The average Bonchev–Trinajstić information content (AvgIpc) is 3.03. The van der Waals surface area contributed by atoms with E-state index in [2.05, 4.69) is 0 Å². The molecular weight excluding hydrogens is 382 g/mol. The molecule has 2 rings (SSSR count). The summed E-state index contributed by atoms with van der Waals surface area (Å²) in [6, 6.07) is 5.37. The zero-order chi connectivity index (χ0) is 19.3. The molecule has 0 bridgehead atoms. The van der Waals surface area contributed by atoms with Gasteiger partial charge in [-0.2, -0.15) is 0 Å². The minimum atomic E-state index is -1.48. The van der Waals surface area contributed by atoms with Crippen LogP contribution in [-0.2, 0) is 25.6 Å². The van der Waals surface area contributed by atoms with Crippen molar-refractivity contribution in [2.24, 2.45) is 0 Å². The summed E-state index contributed by atoms with van der Waals surface area (Å²) >= 11 is -0.234. The Morgan fingerprint density at radius 2 is 1.85 bits per heavy atom. The molecule has 142 valence electrons. The number of phenols is 1. The number of hydrogen-bond donors (Lipinski definition) is 3. The quantitative estimate of drug-likeness (QED) is 0.549. The summed E-state index contributed by atoms with van der Waals surface area (Å²) < 4.78 is 11.8. The zero-order valence-electron chi connectivity index (χ0n) is 13.7. The summed E-state index contributed by atoms with van der Waals surface area (Å²) in [5.74, 6) is -2.63. The highest BCUT2D eigenvalue weighted by Crippen LogP contribution is 2.44. The lowest BCUT2D eigenvalue weighted by Gasteiger charge is -2.28. The summed E-state index contributed by atoms with van der Waals surface area (Å²) in [5.41, 5.74) is 0.446. The number of para-hydroxylation sites is 1. The molecule has 8 nitrogen and oxygen atoms in total. The van der Waals surface area contributed by atoms with Gasteiger partial charge in [0.2, 0.25) is 5.91 Å². The van der Waals surface area contributed by atoms with Crippen LogP contribution in [0.2, 0.25) is 0 Å². The molecule has 1 aromatic rings. The molecule has 1 aliphatic rings. The zero-order valence-corrected chi connectivity index (χ0v) is 15.4. The molecule has 1 amide bonds. The van der Waals surface area contributed by atoms with Crippen molar-refractivity contribution in [3.8, 4) is 5.75 Å². The standard InChI is InChI=1S/C16H19NO7S2/c18-12-4-2-1-3-10(12)15-17(11(9-25-15)16(22)23)13(19)5-7-26(24)8-6-14(20)21/h1-4,11,15,18H,5-9H2,(H,20,21)(H,22,23)/t11-,15?,26?/m0/s1. The van der Waals surface area contributed by atoms with Crippen LogP contribution in [0.4, 0.5) is 0 Å². The Hall–Kier alpha value is -1.91. The maximum atomic E-state index is 12.6. The normalized spacial score (nSPS) is 20.7. The number of thioether (sulfide) groups is 1. The molecule has 2 unspecified atom stereocenters. The van der Waals surface area contributed by atoms with E-state index >= 15 is 0 Å². The van der Waals surface area contributed by atoms with Crippen LogP contribution in [0, 0.1) is 0 Å². The fourth-order valence-electron chi connectivity index (χ4n) is 2.57. The van der Waals surface area contributed by atoms with Crippen LogP contribution in [0.25, 0.3) is 0 Å². The number of nitrogens with zero attached hydrogens (tertiary/aromatic N) is 1. The molecule has 0 aromatic heterocycles. The Balaban J connectivity index is 2.10. The molecule has 26 heavy (non-hydrogen) atoms. The Morgan fingerprint density at radius 3 is 2.46 bits per heavy atom. The molecule has 3 N–H and O–H groups in total. The number of phenolic OH excluding ortho intramolecular Hbond substituents is 1. The number of aromatic hydroxyl groups is 1. The second kappa shape index (κ2) is 9.15. The topological polar surface area (TPSA) is 138 Å². The number of carboxylic acid groups (broad SMARTS) is 2. The summed E-state index contributed by atoms with van der Waals surface area (Å²) in [6.07, 6.45) is -0.403. The first-order valence-corrected chi connectivity index (χ1v) is 10.3. The van der Waals surface area contributed by atoms with Gasteiger partial charge < -0.3 is 24.8 Å². The second-order valence-electron chi connectivity index (χ2n) is 5.64. The van der Waals surface area contributed by atoms with Crippen molar-refractivity contribution < 1.29 is 34.3 Å². The molecule has 1 heterocycles. The van der Waals surface area contributed by atoms with Gasteiger partial charge in [-0.25, -0.2) is 4.79 Å². The second-order valence-corrected chi connectivity index (χ2v) is 8.45. The van der Waals surface area contributed by atoms with Crippen molar-refractivity contribution in [3.63, 3.8) is 0 Å². The molecule has 0 aliphatic carbocycles. The van der Waals surface area contributed by atoms with E-state index in [-0.39, 0.29) is 35.8 Å². The van der Waals surface area contributed by atoms with Gasteiger partial charge in [-0.05, 0) is 6.07 Å². The lowest BCUT2D eigenvalue weighted by Crippen LogP contribution is -2.43. The third-order valence-corrected chi connectivity index (χ3v) is 6.49. The predicted molar refractivity (Wildman–Crippen MR) is 96.3 cm³/mol. The van der Waals surface area contributed by atoms with Gasteiger partial charge in [0.05, 0.1) is 12.8 Å². The van der Waals surface area contributed by atoms with Crippen molar-refractivity contribution in [2.75, 3.05) is 17.3 Å².